The van der Waals surface area contributed by atoms with Gasteiger partial charge in [0, 0.05) is 16.1 Å². The van der Waals surface area contributed by atoms with E-state index in [0.29, 0.717) is 16.5 Å². The van der Waals surface area contributed by atoms with E-state index in [2.05, 4.69) is 31.3 Å². The van der Waals surface area contributed by atoms with E-state index in [4.69, 9.17) is 20.9 Å². The molecule has 4 aromatic rings. The molecule has 0 saturated heterocycles. The normalized spacial score (nSPS) is 11.0. The van der Waals surface area contributed by atoms with Crippen molar-refractivity contribution in [2.24, 2.45) is 0 Å². The van der Waals surface area contributed by atoms with Gasteiger partial charge in [0.05, 0.1) is 29.3 Å². The van der Waals surface area contributed by atoms with Gasteiger partial charge in [-0.05, 0) is 37.3 Å². The summed E-state index contributed by atoms with van der Waals surface area (Å²) in [6, 6.07) is 15.4. The molecular weight excluding hydrogens is 476 g/mol. The van der Waals surface area contributed by atoms with Crippen LogP contribution >= 0.6 is 39.3 Å². The van der Waals surface area contributed by atoms with E-state index in [9.17, 15) is 0 Å². The number of ether oxygens (including phenoxy) is 1. The van der Waals surface area contributed by atoms with Gasteiger partial charge in [-0.3, -0.25) is 4.57 Å². The summed E-state index contributed by atoms with van der Waals surface area (Å²) in [6.45, 7) is 1.89. The molecule has 0 aliphatic heterocycles. The first-order valence-electron chi connectivity index (χ1n) is 8.65. The molecule has 0 spiro atoms. The highest BCUT2D eigenvalue weighted by Crippen LogP contribution is 2.33. The molecule has 0 atom stereocenters. The molecule has 6 nitrogen and oxygen atoms in total. The molecule has 0 radical (unpaired) electrons. The largest absolute Gasteiger partial charge is 0.495 e. The highest BCUT2D eigenvalue weighted by atomic mass is 79.9. The number of methoxy groups -OCH3 is 1. The molecule has 2 aromatic carbocycles. The van der Waals surface area contributed by atoms with Gasteiger partial charge in [0.1, 0.15) is 11.5 Å². The Morgan fingerprint density at radius 2 is 1.93 bits per heavy atom. The van der Waals surface area contributed by atoms with E-state index in [-0.39, 0.29) is 0 Å². The first-order chi connectivity index (χ1) is 14.0. The van der Waals surface area contributed by atoms with Gasteiger partial charge in [-0.1, -0.05) is 56.6 Å². The summed E-state index contributed by atoms with van der Waals surface area (Å²) in [5, 5.41) is 14.0. The second-order valence-electron chi connectivity index (χ2n) is 6.19. The smallest absolute Gasteiger partial charge is 0.196 e. The lowest BCUT2D eigenvalue weighted by atomic mass is 10.2. The number of nitrogens with zero attached hydrogens (tertiary/aromatic N) is 4. The fourth-order valence-corrected chi connectivity index (χ4v) is 4.14. The van der Waals surface area contributed by atoms with Gasteiger partial charge in [-0.15, -0.1) is 10.2 Å². The SMILES string of the molecule is COc1ccc(-n2c(SCc3cc(C)no3)nnc2-c2ccc(Br)cc2)cc1Cl. The van der Waals surface area contributed by atoms with E-state index in [1.807, 2.05) is 60.0 Å². The van der Waals surface area contributed by atoms with Crippen LogP contribution in [0.3, 0.4) is 0 Å². The number of aryl methyl sites for hydroxylation is 1. The van der Waals surface area contributed by atoms with Gasteiger partial charge < -0.3 is 9.26 Å². The standard InChI is InChI=1S/C20H16BrClN4O2S/c1-12-9-16(28-25-12)11-29-20-24-23-19(13-3-5-14(21)6-4-13)26(20)15-7-8-18(27-2)17(22)10-15/h3-10H,11H2,1-2H3. The number of hydrogen-bond acceptors (Lipinski definition) is 6. The Morgan fingerprint density at radius 1 is 1.14 bits per heavy atom. The van der Waals surface area contributed by atoms with Crippen LogP contribution in [0.2, 0.25) is 5.02 Å². The molecule has 29 heavy (non-hydrogen) atoms. The first kappa shape index (κ1) is 20.0. The van der Waals surface area contributed by atoms with Crippen molar-refractivity contribution in [3.63, 3.8) is 0 Å². The fourth-order valence-electron chi connectivity index (χ4n) is 2.80. The van der Waals surface area contributed by atoms with Crippen LogP contribution in [0.5, 0.6) is 5.75 Å². The predicted molar refractivity (Wildman–Crippen MR) is 117 cm³/mol. The molecule has 0 bridgehead atoms. The maximum atomic E-state index is 6.38. The lowest BCUT2D eigenvalue weighted by molar-refractivity contribution is 0.391. The average molecular weight is 492 g/mol. The third-order valence-electron chi connectivity index (χ3n) is 4.15. The number of thioether (sulfide) groups is 1. The van der Waals surface area contributed by atoms with Gasteiger partial charge >= 0.3 is 0 Å². The Labute approximate surface area is 185 Å². The van der Waals surface area contributed by atoms with Gasteiger partial charge in [-0.25, -0.2) is 0 Å². The molecule has 0 N–H and O–H groups in total. The molecule has 0 fully saturated rings. The number of halogens is 2. The first-order valence-corrected chi connectivity index (χ1v) is 10.8. The van der Waals surface area contributed by atoms with Crippen LogP contribution in [0.15, 0.2) is 62.7 Å². The van der Waals surface area contributed by atoms with Crippen molar-refractivity contribution >= 4 is 39.3 Å². The van der Waals surface area contributed by atoms with Crippen molar-refractivity contribution in [2.45, 2.75) is 17.8 Å². The maximum absolute atomic E-state index is 6.38. The monoisotopic (exact) mass is 490 g/mol. The van der Waals surface area contributed by atoms with E-state index in [1.165, 1.54) is 11.8 Å². The predicted octanol–water partition coefficient (Wildman–Crippen LogP) is 5.95. The zero-order valence-corrected chi connectivity index (χ0v) is 18.8. The quantitative estimate of drug-likeness (QED) is 0.311. The molecule has 0 amide bonds. The topological polar surface area (TPSA) is 66.0 Å². The summed E-state index contributed by atoms with van der Waals surface area (Å²) in [7, 11) is 1.59. The van der Waals surface area contributed by atoms with Crippen molar-refractivity contribution in [3.8, 4) is 22.8 Å². The minimum atomic E-state index is 0.516. The minimum Gasteiger partial charge on any atom is -0.495 e. The molecule has 148 valence electrons. The summed E-state index contributed by atoms with van der Waals surface area (Å²) >= 11 is 11.4. The van der Waals surface area contributed by atoms with E-state index >= 15 is 0 Å². The zero-order valence-electron chi connectivity index (χ0n) is 15.6. The Kier molecular flexibility index (Phi) is 5.94. The van der Waals surface area contributed by atoms with Gasteiger partial charge in [0.15, 0.2) is 11.0 Å². The number of aromatic nitrogens is 4. The third kappa shape index (κ3) is 4.34. The van der Waals surface area contributed by atoms with E-state index in [1.54, 1.807) is 7.11 Å². The zero-order chi connectivity index (χ0) is 20.4. The Hall–Kier alpha value is -2.29. The molecule has 9 heteroatoms. The number of benzene rings is 2. The van der Waals surface area contributed by atoms with Crippen molar-refractivity contribution in [1.29, 1.82) is 0 Å². The molecule has 2 aromatic heterocycles. The van der Waals surface area contributed by atoms with Crippen molar-refractivity contribution in [2.75, 3.05) is 7.11 Å². The third-order valence-corrected chi connectivity index (χ3v) is 5.92. The second-order valence-corrected chi connectivity index (χ2v) is 8.46. The minimum absolute atomic E-state index is 0.516. The Morgan fingerprint density at radius 3 is 2.59 bits per heavy atom. The summed E-state index contributed by atoms with van der Waals surface area (Å²) in [5.74, 6) is 2.69. The highest BCUT2D eigenvalue weighted by Gasteiger charge is 2.18. The Bertz CT molecular complexity index is 1140. The number of hydrogen-bond donors (Lipinski definition) is 0. The van der Waals surface area contributed by atoms with Gasteiger partial charge in [0.25, 0.3) is 0 Å². The summed E-state index contributed by atoms with van der Waals surface area (Å²) in [4.78, 5) is 0. The molecular formula is C20H16BrClN4O2S. The van der Waals surface area contributed by atoms with Crippen LogP contribution in [0.4, 0.5) is 0 Å². The maximum Gasteiger partial charge on any atom is 0.196 e. The van der Waals surface area contributed by atoms with Crippen molar-refractivity contribution in [3.05, 3.63) is 69.5 Å². The Balaban J connectivity index is 1.76. The van der Waals surface area contributed by atoms with Gasteiger partial charge in [-0.2, -0.15) is 0 Å². The number of rotatable bonds is 6. The van der Waals surface area contributed by atoms with Gasteiger partial charge in [0.2, 0.25) is 0 Å². The van der Waals surface area contributed by atoms with Crippen molar-refractivity contribution < 1.29 is 9.26 Å². The van der Waals surface area contributed by atoms with Crippen LogP contribution in [-0.4, -0.2) is 27.0 Å². The van der Waals surface area contributed by atoms with Crippen LogP contribution < -0.4 is 4.74 Å². The molecule has 4 rings (SSSR count). The highest BCUT2D eigenvalue weighted by molar-refractivity contribution is 9.10. The van der Waals surface area contributed by atoms with Crippen LogP contribution in [0, 0.1) is 6.92 Å². The van der Waals surface area contributed by atoms with Crippen LogP contribution in [0.1, 0.15) is 11.5 Å². The lowest BCUT2D eigenvalue weighted by Gasteiger charge is -2.12. The van der Waals surface area contributed by atoms with Crippen LogP contribution in [-0.2, 0) is 5.75 Å². The van der Waals surface area contributed by atoms with E-state index < -0.39 is 0 Å². The average Bonchev–Trinajstić information content (AvgIpc) is 3.33. The fraction of sp³-hybridized carbons (Fsp3) is 0.150. The molecule has 0 saturated carbocycles. The molecule has 0 unspecified atom stereocenters. The lowest BCUT2D eigenvalue weighted by Crippen LogP contribution is -2.00. The summed E-state index contributed by atoms with van der Waals surface area (Å²) in [5.41, 5.74) is 2.63. The molecule has 0 aliphatic rings. The summed E-state index contributed by atoms with van der Waals surface area (Å²) < 4.78 is 13.6. The second kappa shape index (κ2) is 8.61. The summed E-state index contributed by atoms with van der Waals surface area (Å²) in [6.07, 6.45) is 0. The van der Waals surface area contributed by atoms with Crippen molar-refractivity contribution in [1.82, 2.24) is 19.9 Å². The van der Waals surface area contributed by atoms with Crippen LogP contribution in [0.25, 0.3) is 17.1 Å². The molecule has 2 heterocycles. The molecule has 0 aliphatic carbocycles. The van der Waals surface area contributed by atoms with E-state index in [0.717, 1.165) is 38.2 Å².